The molecule has 0 amide bonds. The fourth-order valence-electron chi connectivity index (χ4n) is 1.16. The monoisotopic (exact) mass is 230 g/mol. The van der Waals surface area contributed by atoms with E-state index in [0.29, 0.717) is 18.1 Å². The number of nitrogens with two attached hydrogens (primary N) is 1. The Morgan fingerprint density at radius 3 is 3.07 bits per heavy atom. The van der Waals surface area contributed by atoms with Gasteiger partial charge in [-0.1, -0.05) is 13.3 Å². The molecule has 0 fully saturated rings. The Kier molecular flexibility index (Phi) is 4.58. The summed E-state index contributed by atoms with van der Waals surface area (Å²) < 4.78 is 0. The molecule has 0 aliphatic carbocycles. The van der Waals surface area contributed by atoms with Crippen molar-refractivity contribution in [1.29, 1.82) is 0 Å². The van der Waals surface area contributed by atoms with E-state index in [1.807, 2.05) is 6.92 Å². The van der Waals surface area contributed by atoms with Crippen LogP contribution in [0.15, 0.2) is 6.20 Å². The van der Waals surface area contributed by atoms with Gasteiger partial charge in [-0.05, 0) is 18.0 Å². The molecule has 0 aliphatic heterocycles. The molecule has 0 bridgehead atoms. The molecule has 0 radical (unpaired) electrons. The average molecular weight is 231 g/mol. The summed E-state index contributed by atoms with van der Waals surface area (Å²) in [4.78, 5) is 7.64. The van der Waals surface area contributed by atoms with Gasteiger partial charge in [0.15, 0.2) is 5.82 Å². The number of aliphatic hydroxyl groups is 1. The maximum absolute atomic E-state index is 9.49. The number of hydrogen-bond acceptors (Lipinski definition) is 5. The summed E-state index contributed by atoms with van der Waals surface area (Å²) in [5.74, 6) is 0.463. The summed E-state index contributed by atoms with van der Waals surface area (Å²) >= 11 is 5.61. The van der Waals surface area contributed by atoms with Crippen LogP contribution in [0.25, 0.3) is 0 Å². The van der Waals surface area contributed by atoms with Gasteiger partial charge in [0.25, 0.3) is 0 Å². The van der Waals surface area contributed by atoms with Crippen LogP contribution in [0.2, 0.25) is 5.28 Å². The molecule has 0 aromatic carbocycles. The number of anilines is 2. The molecule has 84 valence electrons. The number of nitrogens with zero attached hydrogens (tertiary/aromatic N) is 2. The zero-order valence-corrected chi connectivity index (χ0v) is 9.33. The summed E-state index contributed by atoms with van der Waals surface area (Å²) in [6, 6.07) is 0. The van der Waals surface area contributed by atoms with E-state index in [0.717, 1.165) is 12.8 Å². The van der Waals surface area contributed by atoms with Crippen molar-refractivity contribution in [1.82, 2.24) is 9.97 Å². The molecule has 1 aromatic heterocycles. The minimum Gasteiger partial charge on any atom is -0.394 e. The number of nitrogens with one attached hydrogen (secondary N) is 1. The van der Waals surface area contributed by atoms with Crippen molar-refractivity contribution in [3.8, 4) is 0 Å². The molecular formula is C9H15ClN4O. The third-order valence-electron chi connectivity index (χ3n) is 1.91. The van der Waals surface area contributed by atoms with Gasteiger partial charge in [0.2, 0.25) is 5.28 Å². The Hall–Kier alpha value is -1.07. The molecule has 15 heavy (non-hydrogen) atoms. The van der Waals surface area contributed by atoms with Gasteiger partial charge in [0, 0.05) is 6.54 Å². The van der Waals surface area contributed by atoms with Crippen molar-refractivity contribution < 1.29 is 5.11 Å². The maximum atomic E-state index is 9.49. The first-order valence-corrected chi connectivity index (χ1v) is 5.21. The molecule has 1 heterocycles. The highest BCUT2D eigenvalue weighted by atomic mass is 35.5. The average Bonchev–Trinajstić information content (AvgIpc) is 2.20. The normalized spacial score (nSPS) is 12.5. The quantitative estimate of drug-likeness (QED) is 0.664. The van der Waals surface area contributed by atoms with Crippen molar-refractivity contribution >= 4 is 23.1 Å². The van der Waals surface area contributed by atoms with Crippen molar-refractivity contribution in [3.05, 3.63) is 11.5 Å². The Morgan fingerprint density at radius 2 is 2.40 bits per heavy atom. The smallest absolute Gasteiger partial charge is 0.224 e. The van der Waals surface area contributed by atoms with Crippen LogP contribution < -0.4 is 11.1 Å². The zero-order valence-electron chi connectivity index (χ0n) is 8.57. The van der Waals surface area contributed by atoms with Gasteiger partial charge >= 0.3 is 0 Å². The first-order valence-electron chi connectivity index (χ1n) is 4.83. The largest absolute Gasteiger partial charge is 0.394 e. The number of aliphatic hydroxyl groups excluding tert-OH is 1. The lowest BCUT2D eigenvalue weighted by molar-refractivity contribution is 0.176. The van der Waals surface area contributed by atoms with Crippen LogP contribution >= 0.6 is 11.6 Å². The SMILES string of the molecule is CCCC(O)CNc1nc(Cl)ncc1N. The van der Waals surface area contributed by atoms with E-state index in [9.17, 15) is 5.11 Å². The maximum Gasteiger partial charge on any atom is 0.224 e. The van der Waals surface area contributed by atoms with E-state index >= 15 is 0 Å². The minimum absolute atomic E-state index is 0.136. The Balaban J connectivity index is 2.53. The predicted molar refractivity (Wildman–Crippen MR) is 60.9 cm³/mol. The van der Waals surface area contributed by atoms with Crippen LogP contribution in [0.4, 0.5) is 11.5 Å². The molecule has 0 aliphatic rings. The van der Waals surface area contributed by atoms with E-state index < -0.39 is 6.10 Å². The molecule has 1 rings (SSSR count). The third kappa shape index (κ3) is 3.89. The fourth-order valence-corrected chi connectivity index (χ4v) is 1.29. The number of halogens is 1. The van der Waals surface area contributed by atoms with Crippen molar-refractivity contribution in [2.24, 2.45) is 0 Å². The van der Waals surface area contributed by atoms with Gasteiger partial charge in [0.1, 0.15) is 0 Å². The van der Waals surface area contributed by atoms with Gasteiger partial charge in [-0.25, -0.2) is 4.98 Å². The first kappa shape index (κ1) is 12.0. The third-order valence-corrected chi connectivity index (χ3v) is 2.10. The molecule has 6 heteroatoms. The summed E-state index contributed by atoms with van der Waals surface area (Å²) in [6.07, 6.45) is 2.71. The Morgan fingerprint density at radius 1 is 1.67 bits per heavy atom. The molecular weight excluding hydrogens is 216 g/mol. The van der Waals surface area contributed by atoms with Crippen molar-refractivity contribution in [3.63, 3.8) is 0 Å². The van der Waals surface area contributed by atoms with Gasteiger partial charge in [-0.3, -0.25) is 0 Å². The lowest BCUT2D eigenvalue weighted by atomic mass is 10.2. The summed E-state index contributed by atoms with van der Waals surface area (Å²) in [5.41, 5.74) is 6.04. The highest BCUT2D eigenvalue weighted by Gasteiger charge is 2.06. The first-order chi connectivity index (χ1) is 7.13. The lowest BCUT2D eigenvalue weighted by Gasteiger charge is -2.12. The molecule has 5 nitrogen and oxygen atoms in total. The highest BCUT2D eigenvalue weighted by molar-refractivity contribution is 6.28. The highest BCUT2D eigenvalue weighted by Crippen LogP contribution is 2.15. The Bertz CT molecular complexity index is 321. The van der Waals surface area contributed by atoms with Crippen molar-refractivity contribution in [2.75, 3.05) is 17.6 Å². The zero-order chi connectivity index (χ0) is 11.3. The number of rotatable bonds is 5. The lowest BCUT2D eigenvalue weighted by Crippen LogP contribution is -2.20. The number of hydrogen-bond donors (Lipinski definition) is 3. The second kappa shape index (κ2) is 5.72. The molecule has 0 saturated heterocycles. The van der Waals surface area contributed by atoms with Crippen LogP contribution in [0.5, 0.6) is 0 Å². The number of aromatic nitrogens is 2. The van der Waals surface area contributed by atoms with E-state index in [1.54, 1.807) is 0 Å². The molecule has 4 N–H and O–H groups in total. The molecule has 1 unspecified atom stereocenters. The molecule has 1 aromatic rings. The topological polar surface area (TPSA) is 84.1 Å². The van der Waals surface area contributed by atoms with Crippen molar-refractivity contribution in [2.45, 2.75) is 25.9 Å². The van der Waals surface area contributed by atoms with Gasteiger partial charge in [-0.15, -0.1) is 0 Å². The molecule has 0 spiro atoms. The van der Waals surface area contributed by atoms with Crippen LogP contribution in [0.3, 0.4) is 0 Å². The second-order valence-corrected chi connectivity index (χ2v) is 3.60. The second-order valence-electron chi connectivity index (χ2n) is 3.27. The Labute approximate surface area is 93.7 Å². The summed E-state index contributed by atoms with van der Waals surface area (Å²) in [5, 5.41) is 12.6. The van der Waals surface area contributed by atoms with E-state index in [1.165, 1.54) is 6.20 Å². The van der Waals surface area contributed by atoms with Crippen LogP contribution in [0.1, 0.15) is 19.8 Å². The standard InChI is InChI=1S/C9H15ClN4O/c1-2-3-6(15)4-12-8-7(11)5-13-9(10)14-8/h5-6,15H,2-4,11H2,1H3,(H,12,13,14). The van der Waals surface area contributed by atoms with Crippen LogP contribution in [0, 0.1) is 0 Å². The van der Waals surface area contributed by atoms with E-state index in [4.69, 9.17) is 17.3 Å². The number of nitrogen functional groups attached to an aromatic ring is 1. The molecule has 1 atom stereocenters. The van der Waals surface area contributed by atoms with Gasteiger partial charge in [0.05, 0.1) is 18.0 Å². The minimum atomic E-state index is -0.400. The van der Waals surface area contributed by atoms with Crippen LogP contribution in [-0.2, 0) is 0 Å². The predicted octanol–water partition coefficient (Wildman–Crippen LogP) is 1.29. The van der Waals surface area contributed by atoms with Gasteiger partial charge in [-0.2, -0.15) is 4.98 Å². The fraction of sp³-hybridized carbons (Fsp3) is 0.556. The summed E-state index contributed by atoms with van der Waals surface area (Å²) in [6.45, 7) is 2.42. The molecule has 0 saturated carbocycles. The van der Waals surface area contributed by atoms with Crippen LogP contribution in [-0.4, -0.2) is 27.7 Å². The van der Waals surface area contributed by atoms with E-state index in [2.05, 4.69) is 15.3 Å². The van der Waals surface area contributed by atoms with E-state index in [-0.39, 0.29) is 5.28 Å². The van der Waals surface area contributed by atoms with Gasteiger partial charge < -0.3 is 16.2 Å². The summed E-state index contributed by atoms with van der Waals surface area (Å²) in [7, 11) is 0.